The molecule has 0 spiro atoms. The van der Waals surface area contributed by atoms with Crippen molar-refractivity contribution in [3.63, 3.8) is 0 Å². The molecule has 2 aromatic carbocycles. The average Bonchev–Trinajstić information content (AvgIpc) is 3.14. The van der Waals surface area contributed by atoms with Crippen LogP contribution in [0.1, 0.15) is 5.56 Å². The van der Waals surface area contributed by atoms with E-state index >= 15 is 0 Å². The van der Waals surface area contributed by atoms with Crippen LogP contribution in [-0.4, -0.2) is 43.6 Å². The number of nitrogens with zero attached hydrogens (tertiary/aromatic N) is 1. The molecule has 154 valence electrons. The first-order valence-electron chi connectivity index (χ1n) is 8.60. The number of fused-ring (bicyclic) bond motifs is 1. The zero-order chi connectivity index (χ0) is 21.0. The zero-order valence-corrected chi connectivity index (χ0v) is 15.4. The van der Waals surface area contributed by atoms with Crippen LogP contribution in [0.15, 0.2) is 30.3 Å². The first kappa shape index (κ1) is 20.5. The van der Waals surface area contributed by atoms with Gasteiger partial charge in [0.2, 0.25) is 18.6 Å². The fraction of sp³-hybridized carbons (Fsp3) is 0.263. The van der Waals surface area contributed by atoms with Gasteiger partial charge in [-0.1, -0.05) is 6.07 Å². The van der Waals surface area contributed by atoms with Gasteiger partial charge >= 0.3 is 0 Å². The van der Waals surface area contributed by atoms with E-state index in [-0.39, 0.29) is 32.3 Å². The molecule has 1 heterocycles. The summed E-state index contributed by atoms with van der Waals surface area (Å²) < 4.78 is 50.2. The molecule has 2 aromatic rings. The van der Waals surface area contributed by atoms with Gasteiger partial charge in [-0.3, -0.25) is 14.5 Å². The lowest BCUT2D eigenvalue weighted by Gasteiger charge is -2.16. The van der Waals surface area contributed by atoms with E-state index < -0.39 is 29.0 Å². The molecule has 0 saturated carbocycles. The maximum Gasteiger partial charge on any atom is 0.238 e. The summed E-state index contributed by atoms with van der Waals surface area (Å²) in [4.78, 5) is 25.4. The van der Waals surface area contributed by atoms with Crippen molar-refractivity contribution in [2.45, 2.75) is 6.54 Å². The lowest BCUT2D eigenvalue weighted by atomic mass is 10.2. The van der Waals surface area contributed by atoms with Gasteiger partial charge in [0.25, 0.3) is 0 Å². The predicted octanol–water partition coefficient (Wildman–Crippen LogP) is 2.02. The SMILES string of the molecule is CN(CC(=O)NCc1ccc2c(c1)OCO2)CC(=O)Nc1ccc(F)c(F)c1F. The summed E-state index contributed by atoms with van der Waals surface area (Å²) in [6.07, 6.45) is 0. The number of rotatable bonds is 7. The highest BCUT2D eigenvalue weighted by atomic mass is 19.2. The van der Waals surface area contributed by atoms with Crippen molar-refractivity contribution in [3.05, 3.63) is 53.3 Å². The summed E-state index contributed by atoms with van der Waals surface area (Å²) in [6.45, 7) is 0.0656. The number of benzene rings is 2. The molecule has 10 heteroatoms. The Kier molecular flexibility index (Phi) is 6.23. The van der Waals surface area contributed by atoms with E-state index in [4.69, 9.17) is 9.47 Å². The van der Waals surface area contributed by atoms with Gasteiger partial charge in [0.1, 0.15) is 0 Å². The second-order valence-corrected chi connectivity index (χ2v) is 6.41. The molecule has 29 heavy (non-hydrogen) atoms. The standard InChI is InChI=1S/C19H18F3N3O4/c1-25(9-17(27)24-13-4-3-12(20)18(21)19(13)22)8-16(26)23-7-11-2-5-14-15(6-11)29-10-28-14/h2-6H,7-10H2,1H3,(H,23,26)(H,24,27). The van der Waals surface area contributed by atoms with Gasteiger partial charge in [-0.25, -0.2) is 13.2 Å². The molecular weight excluding hydrogens is 391 g/mol. The van der Waals surface area contributed by atoms with Crippen molar-refractivity contribution < 1.29 is 32.2 Å². The molecule has 0 fully saturated rings. The number of carbonyl (C=O) groups is 2. The Balaban J connectivity index is 1.45. The van der Waals surface area contributed by atoms with Crippen molar-refractivity contribution in [3.8, 4) is 11.5 Å². The molecule has 1 aliphatic rings. The first-order valence-corrected chi connectivity index (χ1v) is 8.60. The molecule has 0 aromatic heterocycles. The molecule has 7 nitrogen and oxygen atoms in total. The number of hydrogen-bond donors (Lipinski definition) is 2. The predicted molar refractivity (Wildman–Crippen MR) is 96.9 cm³/mol. The third-order valence-corrected chi connectivity index (χ3v) is 4.06. The van der Waals surface area contributed by atoms with Gasteiger partial charge in [-0.15, -0.1) is 0 Å². The number of halogens is 3. The molecule has 2 N–H and O–H groups in total. The summed E-state index contributed by atoms with van der Waals surface area (Å²) in [5, 5.41) is 4.85. The molecule has 0 radical (unpaired) electrons. The fourth-order valence-corrected chi connectivity index (χ4v) is 2.67. The Hall–Kier alpha value is -3.27. The highest BCUT2D eigenvalue weighted by molar-refractivity contribution is 5.92. The van der Waals surface area contributed by atoms with Crippen LogP contribution in [-0.2, 0) is 16.1 Å². The summed E-state index contributed by atoms with van der Waals surface area (Å²) in [7, 11) is 1.52. The van der Waals surface area contributed by atoms with Gasteiger partial charge in [0.15, 0.2) is 29.0 Å². The minimum Gasteiger partial charge on any atom is -0.454 e. The Labute approximate surface area is 164 Å². The van der Waals surface area contributed by atoms with E-state index in [9.17, 15) is 22.8 Å². The average molecular weight is 409 g/mol. The monoisotopic (exact) mass is 409 g/mol. The number of likely N-dealkylation sites (N-methyl/N-ethyl adjacent to an activating group) is 1. The van der Waals surface area contributed by atoms with Crippen LogP contribution in [0.5, 0.6) is 11.5 Å². The van der Waals surface area contributed by atoms with Crippen LogP contribution in [0.4, 0.5) is 18.9 Å². The number of ether oxygens (including phenoxy) is 2. The Morgan fingerprint density at radius 1 is 1.00 bits per heavy atom. The Morgan fingerprint density at radius 2 is 1.72 bits per heavy atom. The molecule has 0 saturated heterocycles. The highest BCUT2D eigenvalue weighted by Crippen LogP contribution is 2.32. The number of hydrogen-bond acceptors (Lipinski definition) is 5. The van der Waals surface area contributed by atoms with Gasteiger partial charge in [-0.2, -0.15) is 0 Å². The molecule has 0 aliphatic carbocycles. The van der Waals surface area contributed by atoms with Crippen LogP contribution in [0.2, 0.25) is 0 Å². The van der Waals surface area contributed by atoms with Gasteiger partial charge in [-0.05, 0) is 36.9 Å². The van der Waals surface area contributed by atoms with Crippen LogP contribution in [0.3, 0.4) is 0 Å². The lowest BCUT2D eigenvalue weighted by Crippen LogP contribution is -2.38. The van der Waals surface area contributed by atoms with E-state index in [1.165, 1.54) is 11.9 Å². The molecule has 0 bridgehead atoms. The Morgan fingerprint density at radius 3 is 2.52 bits per heavy atom. The number of anilines is 1. The minimum atomic E-state index is -1.67. The van der Waals surface area contributed by atoms with Gasteiger partial charge in [0, 0.05) is 6.54 Å². The van der Waals surface area contributed by atoms with Crippen LogP contribution in [0.25, 0.3) is 0 Å². The Bertz CT molecular complexity index is 939. The molecule has 3 rings (SSSR count). The molecule has 0 unspecified atom stereocenters. The summed E-state index contributed by atoms with van der Waals surface area (Å²) >= 11 is 0. The summed E-state index contributed by atoms with van der Waals surface area (Å²) in [6, 6.07) is 6.93. The molecular formula is C19H18F3N3O4. The normalized spacial score (nSPS) is 12.2. The number of amides is 2. The number of nitrogens with one attached hydrogen (secondary N) is 2. The van der Waals surface area contributed by atoms with E-state index in [1.807, 2.05) is 0 Å². The van der Waals surface area contributed by atoms with Crippen LogP contribution < -0.4 is 20.1 Å². The van der Waals surface area contributed by atoms with E-state index in [2.05, 4.69) is 10.6 Å². The quantitative estimate of drug-likeness (QED) is 0.684. The van der Waals surface area contributed by atoms with Crippen molar-refractivity contribution in [1.82, 2.24) is 10.2 Å². The lowest BCUT2D eigenvalue weighted by molar-refractivity contribution is -0.123. The smallest absolute Gasteiger partial charge is 0.238 e. The third-order valence-electron chi connectivity index (χ3n) is 4.06. The topological polar surface area (TPSA) is 79.9 Å². The van der Waals surface area contributed by atoms with Crippen LogP contribution >= 0.6 is 0 Å². The fourth-order valence-electron chi connectivity index (χ4n) is 2.67. The number of carbonyl (C=O) groups excluding carboxylic acids is 2. The molecule has 2 amide bonds. The van der Waals surface area contributed by atoms with Crippen molar-refractivity contribution in [2.24, 2.45) is 0 Å². The maximum atomic E-state index is 13.6. The molecule has 1 aliphatic heterocycles. The summed E-state index contributed by atoms with van der Waals surface area (Å²) in [5.41, 5.74) is 0.339. The van der Waals surface area contributed by atoms with Crippen molar-refractivity contribution in [2.75, 3.05) is 32.2 Å². The van der Waals surface area contributed by atoms with E-state index in [1.54, 1.807) is 18.2 Å². The minimum absolute atomic E-state index is 0.0990. The van der Waals surface area contributed by atoms with Crippen LogP contribution in [0, 0.1) is 17.5 Å². The highest BCUT2D eigenvalue weighted by Gasteiger charge is 2.17. The second-order valence-electron chi connectivity index (χ2n) is 6.41. The van der Waals surface area contributed by atoms with E-state index in [0.29, 0.717) is 17.6 Å². The van der Waals surface area contributed by atoms with Crippen molar-refractivity contribution in [1.29, 1.82) is 0 Å². The second kappa shape index (κ2) is 8.82. The van der Waals surface area contributed by atoms with Crippen molar-refractivity contribution >= 4 is 17.5 Å². The van der Waals surface area contributed by atoms with Gasteiger partial charge < -0.3 is 20.1 Å². The van der Waals surface area contributed by atoms with Gasteiger partial charge in [0.05, 0.1) is 18.8 Å². The zero-order valence-electron chi connectivity index (χ0n) is 15.4. The molecule has 0 atom stereocenters. The largest absolute Gasteiger partial charge is 0.454 e. The maximum absolute atomic E-state index is 13.6. The van der Waals surface area contributed by atoms with E-state index in [0.717, 1.165) is 11.6 Å². The third kappa shape index (κ3) is 5.17. The first-order chi connectivity index (χ1) is 13.8. The summed E-state index contributed by atoms with van der Waals surface area (Å²) in [5.74, 6) is -4.27.